The number of hydrogen-bond donors (Lipinski definition) is 2. The van der Waals surface area contributed by atoms with Crippen molar-refractivity contribution in [3.63, 3.8) is 0 Å². The Morgan fingerprint density at radius 2 is 1.79 bits per heavy atom. The summed E-state index contributed by atoms with van der Waals surface area (Å²) >= 11 is 0. The van der Waals surface area contributed by atoms with Gasteiger partial charge in [-0.05, 0) is 55.3 Å². The molecule has 0 spiro atoms. The van der Waals surface area contributed by atoms with Crippen LogP contribution < -0.4 is 14.8 Å². The van der Waals surface area contributed by atoms with Crippen LogP contribution in [0.5, 0.6) is 5.75 Å². The first-order valence-electron chi connectivity index (χ1n) is 8.84. The molecule has 2 N–H and O–H groups in total. The van der Waals surface area contributed by atoms with Gasteiger partial charge in [-0.3, -0.25) is 4.72 Å². The molecule has 0 saturated heterocycles. The van der Waals surface area contributed by atoms with Crippen molar-refractivity contribution in [2.24, 2.45) is 0 Å². The van der Waals surface area contributed by atoms with Crippen molar-refractivity contribution in [2.45, 2.75) is 24.8 Å². The fourth-order valence-corrected chi connectivity index (χ4v) is 4.09. The lowest BCUT2D eigenvalue weighted by Crippen LogP contribution is -2.15. The van der Waals surface area contributed by atoms with E-state index in [-0.39, 0.29) is 16.8 Å². The van der Waals surface area contributed by atoms with Crippen molar-refractivity contribution in [3.05, 3.63) is 78.0 Å². The first kappa shape index (κ1) is 19.7. The SMILES string of the molecule is COc1ccc(S(=O)(=O)Nc2ccc(NC(C)c3ccccc3)cn2)c(C)c1. The van der Waals surface area contributed by atoms with Crippen LogP contribution >= 0.6 is 0 Å². The maximum absolute atomic E-state index is 12.7. The zero-order chi connectivity index (χ0) is 20.1. The lowest BCUT2D eigenvalue weighted by molar-refractivity contribution is 0.414. The zero-order valence-corrected chi connectivity index (χ0v) is 16.8. The van der Waals surface area contributed by atoms with Crippen molar-refractivity contribution in [1.82, 2.24) is 4.98 Å². The fraction of sp³-hybridized carbons (Fsp3) is 0.190. The standard InChI is InChI=1S/C21H23N3O3S/c1-15-13-19(27-3)10-11-20(15)28(25,26)24-21-12-9-18(14-22-21)23-16(2)17-7-5-4-6-8-17/h4-14,16,23H,1-3H3,(H,22,24). The smallest absolute Gasteiger partial charge is 0.263 e. The summed E-state index contributed by atoms with van der Waals surface area (Å²) in [6.45, 7) is 3.78. The Kier molecular flexibility index (Phi) is 5.84. The minimum absolute atomic E-state index is 0.104. The minimum atomic E-state index is -3.74. The van der Waals surface area contributed by atoms with Gasteiger partial charge in [-0.2, -0.15) is 0 Å². The highest BCUT2D eigenvalue weighted by Gasteiger charge is 2.18. The van der Waals surface area contributed by atoms with Gasteiger partial charge < -0.3 is 10.1 Å². The first-order chi connectivity index (χ1) is 13.4. The topological polar surface area (TPSA) is 80.3 Å². The molecule has 0 radical (unpaired) electrons. The van der Waals surface area contributed by atoms with Crippen molar-refractivity contribution < 1.29 is 13.2 Å². The van der Waals surface area contributed by atoms with Crippen LogP contribution in [0, 0.1) is 6.92 Å². The molecule has 3 rings (SSSR count). The summed E-state index contributed by atoms with van der Waals surface area (Å²) < 4.78 is 33.0. The van der Waals surface area contributed by atoms with Crippen LogP contribution in [0.2, 0.25) is 0 Å². The number of ether oxygens (including phenoxy) is 1. The Labute approximate surface area is 165 Å². The summed E-state index contributed by atoms with van der Waals surface area (Å²) in [5.74, 6) is 0.866. The van der Waals surface area contributed by atoms with E-state index >= 15 is 0 Å². The Morgan fingerprint density at radius 3 is 2.39 bits per heavy atom. The van der Waals surface area contributed by atoms with Gasteiger partial charge >= 0.3 is 0 Å². The van der Waals surface area contributed by atoms with E-state index in [0.29, 0.717) is 11.3 Å². The highest BCUT2D eigenvalue weighted by Crippen LogP contribution is 2.24. The molecule has 6 nitrogen and oxygen atoms in total. The van der Waals surface area contributed by atoms with E-state index in [4.69, 9.17) is 4.74 Å². The van der Waals surface area contributed by atoms with Gasteiger partial charge in [-0.15, -0.1) is 0 Å². The number of methoxy groups -OCH3 is 1. The predicted octanol–water partition coefficient (Wildman–Crippen LogP) is 4.37. The molecule has 0 aliphatic heterocycles. The molecule has 28 heavy (non-hydrogen) atoms. The summed E-state index contributed by atoms with van der Waals surface area (Å²) in [7, 11) is -2.20. The van der Waals surface area contributed by atoms with E-state index in [1.165, 1.54) is 6.07 Å². The number of nitrogens with zero attached hydrogens (tertiary/aromatic N) is 1. The molecule has 1 atom stereocenters. The molecular formula is C21H23N3O3S. The van der Waals surface area contributed by atoms with E-state index in [1.54, 1.807) is 44.5 Å². The molecule has 0 saturated carbocycles. The van der Waals surface area contributed by atoms with Crippen molar-refractivity contribution in [3.8, 4) is 5.75 Å². The molecule has 1 aromatic heterocycles. The van der Waals surface area contributed by atoms with Crippen molar-refractivity contribution >= 4 is 21.5 Å². The highest BCUT2D eigenvalue weighted by atomic mass is 32.2. The average molecular weight is 398 g/mol. The normalized spacial score (nSPS) is 12.2. The van der Waals surface area contributed by atoms with Gasteiger partial charge in [0.05, 0.1) is 23.9 Å². The zero-order valence-electron chi connectivity index (χ0n) is 16.0. The molecule has 0 amide bonds. The van der Waals surface area contributed by atoms with Gasteiger partial charge in [0, 0.05) is 6.04 Å². The summed E-state index contributed by atoms with van der Waals surface area (Å²) in [5.41, 5.74) is 2.56. The maximum atomic E-state index is 12.7. The molecule has 7 heteroatoms. The molecule has 0 aliphatic rings. The number of sulfonamides is 1. The Bertz CT molecular complexity index is 1040. The highest BCUT2D eigenvalue weighted by molar-refractivity contribution is 7.92. The van der Waals surface area contributed by atoms with Crippen LogP contribution in [-0.4, -0.2) is 20.5 Å². The van der Waals surface area contributed by atoms with Crippen LogP contribution in [-0.2, 0) is 10.0 Å². The quantitative estimate of drug-likeness (QED) is 0.619. The van der Waals surface area contributed by atoms with Crippen molar-refractivity contribution in [2.75, 3.05) is 17.1 Å². The Morgan fingerprint density at radius 1 is 1.04 bits per heavy atom. The number of hydrogen-bond acceptors (Lipinski definition) is 5. The molecule has 146 valence electrons. The number of pyridine rings is 1. The summed E-state index contributed by atoms with van der Waals surface area (Å²) in [5, 5.41) is 3.35. The lowest BCUT2D eigenvalue weighted by Gasteiger charge is -2.16. The first-order valence-corrected chi connectivity index (χ1v) is 10.3. The van der Waals surface area contributed by atoms with Gasteiger partial charge in [0.15, 0.2) is 0 Å². The monoisotopic (exact) mass is 397 g/mol. The van der Waals surface area contributed by atoms with Crippen LogP contribution in [0.1, 0.15) is 24.1 Å². The number of anilines is 2. The van der Waals surface area contributed by atoms with Crippen molar-refractivity contribution in [1.29, 1.82) is 0 Å². The van der Waals surface area contributed by atoms with E-state index in [9.17, 15) is 8.42 Å². The second-order valence-electron chi connectivity index (χ2n) is 6.45. The van der Waals surface area contributed by atoms with Crippen LogP contribution in [0.3, 0.4) is 0 Å². The molecule has 2 aromatic carbocycles. The molecule has 0 bridgehead atoms. The van der Waals surface area contributed by atoms with Gasteiger partial charge in [0.25, 0.3) is 10.0 Å². The maximum Gasteiger partial charge on any atom is 0.263 e. The number of benzene rings is 2. The van der Waals surface area contributed by atoms with Gasteiger partial charge in [-0.25, -0.2) is 13.4 Å². The fourth-order valence-electron chi connectivity index (χ4n) is 2.86. The predicted molar refractivity (Wildman–Crippen MR) is 111 cm³/mol. The second-order valence-corrected chi connectivity index (χ2v) is 8.10. The van der Waals surface area contributed by atoms with Crippen LogP contribution in [0.4, 0.5) is 11.5 Å². The molecule has 0 aliphatic carbocycles. The van der Waals surface area contributed by atoms with Crippen LogP contribution in [0.25, 0.3) is 0 Å². The number of aromatic nitrogens is 1. The van der Waals surface area contributed by atoms with E-state index in [2.05, 4.69) is 21.9 Å². The van der Waals surface area contributed by atoms with Gasteiger partial charge in [0.1, 0.15) is 11.6 Å². The summed E-state index contributed by atoms with van der Waals surface area (Å²) in [4.78, 5) is 4.41. The largest absolute Gasteiger partial charge is 0.497 e. The number of nitrogens with one attached hydrogen (secondary N) is 2. The van der Waals surface area contributed by atoms with Gasteiger partial charge in [0.2, 0.25) is 0 Å². The third kappa shape index (κ3) is 4.61. The van der Waals surface area contributed by atoms with E-state index in [0.717, 1.165) is 11.3 Å². The summed E-state index contributed by atoms with van der Waals surface area (Å²) in [6, 6.07) is 18.4. The third-order valence-electron chi connectivity index (χ3n) is 4.36. The van der Waals surface area contributed by atoms with E-state index in [1.807, 2.05) is 30.3 Å². The minimum Gasteiger partial charge on any atom is -0.497 e. The lowest BCUT2D eigenvalue weighted by atomic mass is 10.1. The van der Waals surface area contributed by atoms with Crippen LogP contribution in [0.15, 0.2) is 71.8 Å². The third-order valence-corrected chi connectivity index (χ3v) is 5.87. The number of aryl methyl sites for hydroxylation is 1. The molecule has 3 aromatic rings. The molecule has 0 fully saturated rings. The molecule has 1 unspecified atom stereocenters. The molecular weight excluding hydrogens is 374 g/mol. The molecule has 1 heterocycles. The average Bonchev–Trinajstić information content (AvgIpc) is 2.69. The second kappa shape index (κ2) is 8.31. The Balaban J connectivity index is 1.71. The summed E-state index contributed by atoms with van der Waals surface area (Å²) in [6.07, 6.45) is 1.61. The Hall–Kier alpha value is -3.06. The number of rotatable bonds is 7. The van der Waals surface area contributed by atoms with Gasteiger partial charge in [-0.1, -0.05) is 30.3 Å². The van der Waals surface area contributed by atoms with E-state index < -0.39 is 10.0 Å².